The normalized spacial score (nSPS) is 16.2. The fourth-order valence-electron chi connectivity index (χ4n) is 1.93. The van der Waals surface area contributed by atoms with E-state index in [-0.39, 0.29) is 0 Å². The van der Waals surface area contributed by atoms with Crippen molar-refractivity contribution in [2.75, 3.05) is 18.0 Å². The van der Waals surface area contributed by atoms with E-state index in [4.69, 9.17) is 0 Å². The summed E-state index contributed by atoms with van der Waals surface area (Å²) in [4.78, 5) is 2.14. The second kappa shape index (κ2) is 3.66. The molecule has 1 aliphatic rings. The van der Waals surface area contributed by atoms with Crippen molar-refractivity contribution in [2.24, 2.45) is 0 Å². The molecule has 0 aliphatic carbocycles. The highest BCUT2D eigenvalue weighted by Gasteiger charge is 2.17. The van der Waals surface area contributed by atoms with E-state index in [2.05, 4.69) is 30.4 Å². The first-order valence-electron chi connectivity index (χ1n) is 5.58. The standard InChI is InChI=1S/C9H13N7/c1-2-7-10-11-8-12-13-9(14-16(7)8)15-5-3-4-6-15/h2-6H2,1H3. The zero-order valence-electron chi connectivity index (χ0n) is 9.17. The van der Waals surface area contributed by atoms with Crippen LogP contribution in [0.25, 0.3) is 5.78 Å². The van der Waals surface area contributed by atoms with Crippen LogP contribution >= 0.6 is 0 Å². The number of fused-ring (bicyclic) bond motifs is 1. The molecular formula is C9H13N7. The molecule has 0 spiro atoms. The quantitative estimate of drug-likeness (QED) is 0.712. The third-order valence-corrected chi connectivity index (χ3v) is 2.81. The van der Waals surface area contributed by atoms with Crippen LogP contribution < -0.4 is 4.90 Å². The summed E-state index contributed by atoms with van der Waals surface area (Å²) in [5.41, 5.74) is 0. The molecule has 7 heteroatoms. The molecule has 3 heterocycles. The predicted octanol–water partition coefficient (Wildman–Crippen LogP) is 0.0769. The predicted molar refractivity (Wildman–Crippen MR) is 57.2 cm³/mol. The van der Waals surface area contributed by atoms with E-state index in [9.17, 15) is 0 Å². The van der Waals surface area contributed by atoms with Crippen LogP contribution in [0.15, 0.2) is 0 Å². The molecule has 0 saturated carbocycles. The Kier molecular flexibility index (Phi) is 2.16. The van der Waals surface area contributed by atoms with Crippen LogP contribution in [0.1, 0.15) is 25.6 Å². The molecule has 7 nitrogen and oxygen atoms in total. The van der Waals surface area contributed by atoms with E-state index in [0.717, 1.165) is 25.3 Å². The molecule has 0 radical (unpaired) electrons. The van der Waals surface area contributed by atoms with E-state index in [0.29, 0.717) is 11.7 Å². The van der Waals surface area contributed by atoms with Crippen LogP contribution in [0.3, 0.4) is 0 Å². The first kappa shape index (κ1) is 9.44. The van der Waals surface area contributed by atoms with Crippen molar-refractivity contribution in [1.82, 2.24) is 30.0 Å². The summed E-state index contributed by atoms with van der Waals surface area (Å²) in [6, 6.07) is 0. The van der Waals surface area contributed by atoms with E-state index in [1.54, 1.807) is 4.52 Å². The summed E-state index contributed by atoms with van der Waals surface area (Å²) in [6.45, 7) is 4.04. The lowest BCUT2D eigenvalue weighted by molar-refractivity contribution is 0.744. The van der Waals surface area contributed by atoms with Crippen LogP contribution in [0.2, 0.25) is 0 Å². The van der Waals surface area contributed by atoms with E-state index in [1.165, 1.54) is 12.8 Å². The van der Waals surface area contributed by atoms with E-state index >= 15 is 0 Å². The molecule has 2 aromatic heterocycles. The van der Waals surface area contributed by atoms with Gasteiger partial charge in [-0.15, -0.1) is 25.5 Å². The van der Waals surface area contributed by atoms with Gasteiger partial charge in [0.2, 0.25) is 0 Å². The number of nitrogens with zero attached hydrogens (tertiary/aromatic N) is 7. The smallest absolute Gasteiger partial charge is 0.290 e. The fraction of sp³-hybridized carbons (Fsp3) is 0.667. The van der Waals surface area contributed by atoms with Crippen molar-refractivity contribution in [3.05, 3.63) is 5.82 Å². The monoisotopic (exact) mass is 219 g/mol. The van der Waals surface area contributed by atoms with Crippen LogP contribution in [0.4, 0.5) is 5.95 Å². The minimum Gasteiger partial charge on any atom is -0.338 e. The summed E-state index contributed by atoms with van der Waals surface area (Å²) in [5, 5.41) is 20.5. The van der Waals surface area contributed by atoms with Gasteiger partial charge >= 0.3 is 0 Å². The fourth-order valence-corrected chi connectivity index (χ4v) is 1.93. The molecule has 0 atom stereocenters. The van der Waals surface area contributed by atoms with Crippen molar-refractivity contribution in [3.8, 4) is 0 Å². The van der Waals surface area contributed by atoms with Gasteiger partial charge in [0, 0.05) is 19.5 Å². The van der Waals surface area contributed by atoms with Gasteiger partial charge in [0.25, 0.3) is 11.7 Å². The average Bonchev–Trinajstić information content (AvgIpc) is 2.97. The molecule has 1 aliphatic heterocycles. The number of anilines is 1. The van der Waals surface area contributed by atoms with E-state index in [1.807, 2.05) is 6.92 Å². The minimum absolute atomic E-state index is 0.472. The van der Waals surface area contributed by atoms with Gasteiger partial charge in [-0.2, -0.15) is 4.52 Å². The highest BCUT2D eigenvalue weighted by Crippen LogP contribution is 2.14. The second-order valence-corrected chi connectivity index (χ2v) is 3.88. The van der Waals surface area contributed by atoms with Gasteiger partial charge in [0.1, 0.15) is 0 Å². The molecule has 84 valence electrons. The molecule has 0 aromatic carbocycles. The lowest BCUT2D eigenvalue weighted by Gasteiger charge is -2.13. The first-order valence-corrected chi connectivity index (χ1v) is 5.58. The van der Waals surface area contributed by atoms with Gasteiger partial charge in [0.15, 0.2) is 5.82 Å². The summed E-state index contributed by atoms with van der Waals surface area (Å²) in [6.07, 6.45) is 3.19. The van der Waals surface area contributed by atoms with Crippen molar-refractivity contribution in [2.45, 2.75) is 26.2 Å². The number of hydrogen-bond donors (Lipinski definition) is 0. The molecule has 0 unspecified atom stereocenters. The Hall–Kier alpha value is -1.79. The third-order valence-electron chi connectivity index (χ3n) is 2.81. The third kappa shape index (κ3) is 1.39. The molecule has 0 bridgehead atoms. The highest BCUT2D eigenvalue weighted by atomic mass is 15.5. The summed E-state index contributed by atoms with van der Waals surface area (Å²) in [5.74, 6) is 1.98. The minimum atomic E-state index is 0.472. The Morgan fingerprint density at radius 2 is 1.81 bits per heavy atom. The molecule has 0 amide bonds. The molecule has 0 N–H and O–H groups in total. The van der Waals surface area contributed by atoms with Crippen molar-refractivity contribution in [3.63, 3.8) is 0 Å². The van der Waals surface area contributed by atoms with Crippen LogP contribution in [0.5, 0.6) is 0 Å². The SMILES string of the molecule is CCc1nnc2nnc(N3CCCC3)nn12. The van der Waals surface area contributed by atoms with Gasteiger partial charge in [-0.05, 0) is 12.8 Å². The maximum Gasteiger partial charge on any atom is 0.290 e. The van der Waals surface area contributed by atoms with Gasteiger partial charge in [0.05, 0.1) is 0 Å². The lowest BCUT2D eigenvalue weighted by atomic mass is 10.4. The van der Waals surface area contributed by atoms with Crippen molar-refractivity contribution >= 4 is 11.7 Å². The Labute approximate surface area is 92.5 Å². The molecule has 3 rings (SSSR count). The van der Waals surface area contributed by atoms with Crippen LogP contribution in [-0.4, -0.2) is 43.1 Å². The summed E-state index contributed by atoms with van der Waals surface area (Å²) >= 11 is 0. The van der Waals surface area contributed by atoms with Gasteiger partial charge in [-0.3, -0.25) is 0 Å². The molecule has 1 saturated heterocycles. The maximum absolute atomic E-state index is 4.43. The first-order chi connectivity index (χ1) is 7.88. The summed E-state index contributed by atoms with van der Waals surface area (Å²) < 4.78 is 1.68. The molecule has 1 fully saturated rings. The van der Waals surface area contributed by atoms with Gasteiger partial charge in [-0.25, -0.2) is 0 Å². The Morgan fingerprint density at radius 3 is 2.56 bits per heavy atom. The Bertz CT molecular complexity index is 500. The Balaban J connectivity index is 2.06. The zero-order valence-corrected chi connectivity index (χ0v) is 9.17. The molecule has 2 aromatic rings. The maximum atomic E-state index is 4.43. The largest absolute Gasteiger partial charge is 0.338 e. The molecule has 16 heavy (non-hydrogen) atoms. The van der Waals surface area contributed by atoms with Gasteiger partial charge in [-0.1, -0.05) is 6.92 Å². The van der Waals surface area contributed by atoms with Gasteiger partial charge < -0.3 is 4.90 Å². The second-order valence-electron chi connectivity index (χ2n) is 3.88. The lowest BCUT2D eigenvalue weighted by Crippen LogP contribution is -2.22. The zero-order chi connectivity index (χ0) is 11.0. The number of hydrogen-bond acceptors (Lipinski definition) is 6. The highest BCUT2D eigenvalue weighted by molar-refractivity contribution is 5.32. The van der Waals surface area contributed by atoms with Crippen LogP contribution in [0, 0.1) is 0 Å². The number of aryl methyl sites for hydroxylation is 1. The van der Waals surface area contributed by atoms with Crippen molar-refractivity contribution < 1.29 is 0 Å². The average molecular weight is 219 g/mol. The number of rotatable bonds is 2. The topological polar surface area (TPSA) is 72.1 Å². The summed E-state index contributed by atoms with van der Waals surface area (Å²) in [7, 11) is 0. The Morgan fingerprint density at radius 1 is 1.06 bits per heavy atom. The van der Waals surface area contributed by atoms with Crippen LogP contribution in [-0.2, 0) is 6.42 Å². The van der Waals surface area contributed by atoms with Crippen molar-refractivity contribution in [1.29, 1.82) is 0 Å². The van der Waals surface area contributed by atoms with E-state index < -0.39 is 0 Å². The molecular weight excluding hydrogens is 206 g/mol. The number of aromatic nitrogens is 6.